The highest BCUT2D eigenvalue weighted by atomic mass is 14.9. The fraction of sp³-hybridized carbons (Fsp3) is 0.625. The third kappa shape index (κ3) is 5.36. The van der Waals surface area contributed by atoms with Gasteiger partial charge in [0.05, 0.1) is 0 Å². The van der Waals surface area contributed by atoms with Crippen LogP contribution in [0.5, 0.6) is 0 Å². The molecule has 0 aliphatic heterocycles. The third-order valence-corrected chi connectivity index (χ3v) is 3.09. The molecule has 0 aliphatic rings. The fourth-order valence-corrected chi connectivity index (χ4v) is 1.93. The summed E-state index contributed by atoms with van der Waals surface area (Å²) in [4.78, 5) is 0. The predicted molar refractivity (Wildman–Crippen MR) is 76.4 cm³/mol. The molecule has 1 nitrogen and oxygen atoms in total. The standard InChI is InChI=1S/C16H27N/c1-6-7-13(2)15-10-8-14(9-11-15)12-17-16(3,4)5/h8-11,13,17H,6-7,12H2,1-5H3. The van der Waals surface area contributed by atoms with Gasteiger partial charge in [-0.3, -0.25) is 0 Å². The number of rotatable bonds is 5. The van der Waals surface area contributed by atoms with E-state index in [0.29, 0.717) is 5.92 Å². The van der Waals surface area contributed by atoms with E-state index in [0.717, 1.165) is 6.54 Å². The second-order valence-electron chi connectivity index (χ2n) is 6.03. The summed E-state index contributed by atoms with van der Waals surface area (Å²) in [6.07, 6.45) is 2.54. The van der Waals surface area contributed by atoms with E-state index in [1.54, 1.807) is 0 Å². The zero-order chi connectivity index (χ0) is 12.9. The number of hydrogen-bond donors (Lipinski definition) is 1. The molecule has 1 N–H and O–H groups in total. The SMILES string of the molecule is CCCC(C)c1ccc(CNC(C)(C)C)cc1. The molecule has 1 aromatic carbocycles. The van der Waals surface area contributed by atoms with Crippen molar-refractivity contribution in [1.29, 1.82) is 0 Å². The second kappa shape index (κ2) is 6.20. The average Bonchev–Trinajstić information content (AvgIpc) is 2.26. The van der Waals surface area contributed by atoms with Crippen LogP contribution < -0.4 is 5.32 Å². The zero-order valence-electron chi connectivity index (χ0n) is 12.0. The van der Waals surface area contributed by atoms with Crippen molar-refractivity contribution in [2.24, 2.45) is 0 Å². The van der Waals surface area contributed by atoms with Gasteiger partial charge in [-0.25, -0.2) is 0 Å². The molecule has 0 bridgehead atoms. The second-order valence-corrected chi connectivity index (χ2v) is 6.03. The van der Waals surface area contributed by atoms with E-state index in [4.69, 9.17) is 0 Å². The minimum atomic E-state index is 0.189. The highest BCUT2D eigenvalue weighted by Crippen LogP contribution is 2.20. The quantitative estimate of drug-likeness (QED) is 0.790. The summed E-state index contributed by atoms with van der Waals surface area (Å²) in [6, 6.07) is 9.06. The van der Waals surface area contributed by atoms with Crippen molar-refractivity contribution in [3.63, 3.8) is 0 Å². The van der Waals surface area contributed by atoms with E-state index in [1.165, 1.54) is 24.0 Å². The largest absolute Gasteiger partial charge is 0.308 e. The van der Waals surface area contributed by atoms with Gasteiger partial charge < -0.3 is 5.32 Å². The Morgan fingerprint density at radius 3 is 2.18 bits per heavy atom. The van der Waals surface area contributed by atoms with Crippen LogP contribution in [0, 0.1) is 0 Å². The Labute approximate surface area is 107 Å². The van der Waals surface area contributed by atoms with Crippen molar-refractivity contribution in [3.05, 3.63) is 35.4 Å². The van der Waals surface area contributed by atoms with Crippen LogP contribution in [0.15, 0.2) is 24.3 Å². The Morgan fingerprint density at radius 1 is 1.12 bits per heavy atom. The van der Waals surface area contributed by atoms with E-state index >= 15 is 0 Å². The van der Waals surface area contributed by atoms with E-state index in [1.807, 2.05) is 0 Å². The topological polar surface area (TPSA) is 12.0 Å². The Kier molecular flexibility index (Phi) is 5.20. The van der Waals surface area contributed by atoms with E-state index < -0.39 is 0 Å². The van der Waals surface area contributed by atoms with Crippen LogP contribution in [0.1, 0.15) is 64.5 Å². The van der Waals surface area contributed by atoms with Crippen LogP contribution in [0.3, 0.4) is 0 Å². The molecular weight excluding hydrogens is 206 g/mol. The van der Waals surface area contributed by atoms with Crippen molar-refractivity contribution in [2.45, 2.75) is 65.5 Å². The molecule has 0 radical (unpaired) electrons. The van der Waals surface area contributed by atoms with Gasteiger partial charge in [0.2, 0.25) is 0 Å². The summed E-state index contributed by atoms with van der Waals surface area (Å²) in [7, 11) is 0. The maximum Gasteiger partial charge on any atom is 0.0210 e. The Morgan fingerprint density at radius 2 is 1.71 bits per heavy atom. The first kappa shape index (κ1) is 14.2. The average molecular weight is 233 g/mol. The minimum Gasteiger partial charge on any atom is -0.308 e. The minimum absolute atomic E-state index is 0.189. The molecule has 1 aromatic rings. The van der Waals surface area contributed by atoms with Crippen molar-refractivity contribution < 1.29 is 0 Å². The van der Waals surface area contributed by atoms with Crippen LogP contribution in [-0.2, 0) is 6.54 Å². The number of nitrogens with one attached hydrogen (secondary N) is 1. The lowest BCUT2D eigenvalue weighted by molar-refractivity contribution is 0.424. The molecule has 0 aromatic heterocycles. The lowest BCUT2D eigenvalue weighted by atomic mass is 9.95. The van der Waals surface area contributed by atoms with Gasteiger partial charge in [0.1, 0.15) is 0 Å². The van der Waals surface area contributed by atoms with Crippen LogP contribution in [0.2, 0.25) is 0 Å². The van der Waals surface area contributed by atoms with Crippen LogP contribution >= 0.6 is 0 Å². The summed E-state index contributed by atoms with van der Waals surface area (Å²) in [5, 5.41) is 3.51. The van der Waals surface area contributed by atoms with Gasteiger partial charge in [-0.15, -0.1) is 0 Å². The van der Waals surface area contributed by atoms with Gasteiger partial charge in [0, 0.05) is 12.1 Å². The monoisotopic (exact) mass is 233 g/mol. The third-order valence-electron chi connectivity index (χ3n) is 3.09. The fourth-order valence-electron chi connectivity index (χ4n) is 1.93. The summed E-state index contributed by atoms with van der Waals surface area (Å²) < 4.78 is 0. The number of benzene rings is 1. The molecule has 0 aliphatic carbocycles. The molecule has 0 heterocycles. The van der Waals surface area contributed by atoms with Gasteiger partial charge in [0.15, 0.2) is 0 Å². The first-order valence-corrected chi connectivity index (χ1v) is 6.76. The van der Waals surface area contributed by atoms with Gasteiger partial charge in [-0.05, 0) is 44.2 Å². The molecule has 17 heavy (non-hydrogen) atoms. The lowest BCUT2D eigenvalue weighted by Crippen LogP contribution is -2.35. The summed E-state index contributed by atoms with van der Waals surface area (Å²) >= 11 is 0. The molecule has 1 heteroatoms. The molecule has 0 amide bonds. The first-order chi connectivity index (χ1) is 7.92. The van der Waals surface area contributed by atoms with Gasteiger partial charge in [0.25, 0.3) is 0 Å². The van der Waals surface area contributed by atoms with Crippen molar-refractivity contribution in [3.8, 4) is 0 Å². The highest BCUT2D eigenvalue weighted by Gasteiger charge is 2.08. The van der Waals surface area contributed by atoms with Gasteiger partial charge in [-0.2, -0.15) is 0 Å². The highest BCUT2D eigenvalue weighted by molar-refractivity contribution is 5.25. The van der Waals surface area contributed by atoms with Crippen molar-refractivity contribution in [2.75, 3.05) is 0 Å². The van der Waals surface area contributed by atoms with E-state index in [9.17, 15) is 0 Å². The molecule has 1 rings (SSSR count). The maximum absolute atomic E-state index is 3.51. The first-order valence-electron chi connectivity index (χ1n) is 6.76. The van der Waals surface area contributed by atoms with Crippen molar-refractivity contribution in [1.82, 2.24) is 5.32 Å². The Bertz CT molecular complexity index is 318. The van der Waals surface area contributed by atoms with Crippen molar-refractivity contribution >= 4 is 0 Å². The predicted octanol–water partition coefficient (Wildman–Crippen LogP) is 4.48. The van der Waals surface area contributed by atoms with E-state index in [-0.39, 0.29) is 5.54 Å². The van der Waals surface area contributed by atoms with Gasteiger partial charge in [-0.1, -0.05) is 44.5 Å². The van der Waals surface area contributed by atoms with Gasteiger partial charge >= 0.3 is 0 Å². The van der Waals surface area contributed by atoms with Crippen LogP contribution in [-0.4, -0.2) is 5.54 Å². The normalized spacial score (nSPS) is 13.7. The molecule has 96 valence electrons. The van der Waals surface area contributed by atoms with Crippen LogP contribution in [0.25, 0.3) is 0 Å². The summed E-state index contributed by atoms with van der Waals surface area (Å²) in [6.45, 7) is 12.1. The smallest absolute Gasteiger partial charge is 0.0210 e. The zero-order valence-corrected chi connectivity index (χ0v) is 12.0. The number of hydrogen-bond acceptors (Lipinski definition) is 1. The molecule has 0 fully saturated rings. The van der Waals surface area contributed by atoms with E-state index in [2.05, 4.69) is 64.2 Å². The molecular formula is C16H27N. The summed E-state index contributed by atoms with van der Waals surface area (Å²) in [5.74, 6) is 0.685. The molecule has 1 atom stereocenters. The Hall–Kier alpha value is -0.820. The van der Waals surface area contributed by atoms with Crippen LogP contribution in [0.4, 0.5) is 0 Å². The Balaban J connectivity index is 2.56. The summed E-state index contributed by atoms with van der Waals surface area (Å²) in [5.41, 5.74) is 3.02. The lowest BCUT2D eigenvalue weighted by Gasteiger charge is -2.20. The molecule has 1 unspecified atom stereocenters. The molecule has 0 saturated carbocycles. The molecule has 0 saturated heterocycles. The maximum atomic E-state index is 3.51. The molecule has 0 spiro atoms.